The summed E-state index contributed by atoms with van der Waals surface area (Å²) in [6.45, 7) is 3.98. The van der Waals surface area contributed by atoms with Crippen LogP contribution in [0.3, 0.4) is 0 Å². The molecule has 2 aliphatic heterocycles. The van der Waals surface area contributed by atoms with Crippen molar-refractivity contribution >= 4 is 46.2 Å². The highest BCUT2D eigenvalue weighted by atomic mass is 32.2. The van der Waals surface area contributed by atoms with Crippen LogP contribution in [0.2, 0.25) is 0 Å². The minimum atomic E-state index is -0.829. The Hall–Kier alpha value is -2.65. The summed E-state index contributed by atoms with van der Waals surface area (Å²) < 4.78 is 14.9. The molecule has 2 aromatic rings. The molecule has 174 valence electrons. The summed E-state index contributed by atoms with van der Waals surface area (Å²) in [5, 5.41) is 0.0618. The molecule has 0 aromatic heterocycles. The highest BCUT2D eigenvalue weighted by molar-refractivity contribution is 8.27. The van der Waals surface area contributed by atoms with E-state index in [0.717, 1.165) is 10.6 Å². The largest absolute Gasteiger partial charge is 0.497 e. The van der Waals surface area contributed by atoms with Gasteiger partial charge in [-0.15, -0.1) is 11.8 Å². The number of methoxy groups -OCH3 is 3. The summed E-state index contributed by atoms with van der Waals surface area (Å²) in [6, 6.07) is 16.3. The van der Waals surface area contributed by atoms with Gasteiger partial charge >= 0.3 is 11.9 Å². The Bertz CT molecular complexity index is 1070. The van der Waals surface area contributed by atoms with Crippen LogP contribution in [0.25, 0.3) is 0 Å². The molecule has 9 heteroatoms. The van der Waals surface area contributed by atoms with E-state index in [4.69, 9.17) is 19.2 Å². The number of anilines is 1. The lowest BCUT2D eigenvalue weighted by atomic mass is 9.93. The van der Waals surface area contributed by atoms with Gasteiger partial charge in [0, 0.05) is 11.3 Å². The second kappa shape index (κ2) is 8.95. The van der Waals surface area contributed by atoms with Gasteiger partial charge in [-0.25, -0.2) is 9.59 Å². The third-order valence-corrected chi connectivity index (χ3v) is 9.68. The summed E-state index contributed by atoms with van der Waals surface area (Å²) in [7, 11) is 4.31. The number of benzene rings is 2. The summed E-state index contributed by atoms with van der Waals surface area (Å²) in [5.41, 5.74) is 0.963. The van der Waals surface area contributed by atoms with Gasteiger partial charge in [0.05, 0.1) is 31.9 Å². The lowest BCUT2D eigenvalue weighted by Crippen LogP contribution is -2.56. The van der Waals surface area contributed by atoms with Crippen LogP contribution in [-0.4, -0.2) is 59.3 Å². The predicted octanol–water partition coefficient (Wildman–Crippen LogP) is 3.96. The summed E-state index contributed by atoms with van der Waals surface area (Å²) in [6.07, 6.45) is 0. The number of thioether (sulfide) groups is 2. The fourth-order valence-electron chi connectivity index (χ4n) is 4.17. The second-order valence-electron chi connectivity index (χ2n) is 8.14. The molecule has 4 rings (SSSR count). The zero-order valence-corrected chi connectivity index (χ0v) is 20.7. The summed E-state index contributed by atoms with van der Waals surface area (Å²) in [5.74, 6) is -0.198. The maximum Gasteiger partial charge on any atom is 0.339 e. The molecule has 0 saturated carbocycles. The molecule has 0 unspecified atom stereocenters. The first-order valence-corrected chi connectivity index (χ1v) is 12.1. The fraction of sp³-hybridized carbons (Fsp3) is 0.375. The van der Waals surface area contributed by atoms with E-state index in [9.17, 15) is 9.59 Å². The number of ether oxygens (including phenoxy) is 3. The van der Waals surface area contributed by atoms with Crippen LogP contribution in [-0.2, 0) is 19.1 Å². The van der Waals surface area contributed by atoms with Crippen LogP contribution in [0, 0.1) is 0 Å². The van der Waals surface area contributed by atoms with Crippen LogP contribution in [0.1, 0.15) is 19.4 Å². The van der Waals surface area contributed by atoms with Crippen molar-refractivity contribution in [2.24, 2.45) is 4.99 Å². The molecule has 0 radical (unpaired) electrons. The molecule has 1 saturated heterocycles. The van der Waals surface area contributed by atoms with Crippen molar-refractivity contribution in [2.75, 3.05) is 26.2 Å². The first-order valence-electron chi connectivity index (χ1n) is 10.4. The number of hydrogen-bond acceptors (Lipinski definition) is 9. The quantitative estimate of drug-likeness (QED) is 0.588. The van der Waals surface area contributed by atoms with Gasteiger partial charge in [-0.2, -0.15) is 0 Å². The molecular weight excluding hydrogens is 460 g/mol. The Morgan fingerprint density at radius 1 is 0.939 bits per heavy atom. The van der Waals surface area contributed by atoms with E-state index in [0.29, 0.717) is 11.4 Å². The molecule has 1 spiro atoms. The zero-order valence-electron chi connectivity index (χ0n) is 19.1. The average Bonchev–Trinajstić information content (AvgIpc) is 3.33. The first-order chi connectivity index (χ1) is 15.8. The van der Waals surface area contributed by atoms with Crippen LogP contribution in [0.5, 0.6) is 5.75 Å². The number of aliphatic imine (C=N–C) groups is 1. The molecule has 0 bridgehead atoms. The van der Waals surface area contributed by atoms with Gasteiger partial charge in [0.25, 0.3) is 0 Å². The minimum Gasteiger partial charge on any atom is -0.497 e. The normalized spacial score (nSPS) is 25.6. The van der Waals surface area contributed by atoms with Gasteiger partial charge < -0.3 is 19.1 Å². The SMILES string of the molecule is COC(=O)[C@H]1S[C@@]2(SC(c3ccccc3)=NC2(C)C)[C@H](C(=O)OC)N1c1ccc(OC)cc1. The van der Waals surface area contributed by atoms with Gasteiger partial charge in [-0.3, -0.25) is 4.99 Å². The van der Waals surface area contributed by atoms with Crippen molar-refractivity contribution in [3.05, 3.63) is 60.2 Å². The summed E-state index contributed by atoms with van der Waals surface area (Å²) in [4.78, 5) is 33.1. The molecule has 33 heavy (non-hydrogen) atoms. The number of carbonyl (C=O) groups excluding carboxylic acids is 2. The van der Waals surface area contributed by atoms with E-state index in [-0.39, 0.29) is 0 Å². The summed E-state index contributed by atoms with van der Waals surface area (Å²) >= 11 is 2.90. The van der Waals surface area contributed by atoms with Crippen LogP contribution >= 0.6 is 23.5 Å². The number of rotatable bonds is 5. The molecule has 0 aliphatic carbocycles. The van der Waals surface area contributed by atoms with E-state index in [1.165, 1.54) is 37.7 Å². The number of carbonyl (C=O) groups is 2. The van der Waals surface area contributed by atoms with E-state index < -0.39 is 33.0 Å². The molecule has 3 atom stereocenters. The second-order valence-corrected chi connectivity index (χ2v) is 11.0. The van der Waals surface area contributed by atoms with Gasteiger partial charge in [-0.05, 0) is 38.1 Å². The Morgan fingerprint density at radius 2 is 1.58 bits per heavy atom. The fourth-order valence-corrected chi connectivity index (χ4v) is 7.86. The number of nitrogens with zero attached hydrogens (tertiary/aromatic N) is 2. The van der Waals surface area contributed by atoms with Crippen LogP contribution < -0.4 is 9.64 Å². The van der Waals surface area contributed by atoms with Crippen LogP contribution in [0.15, 0.2) is 59.6 Å². The maximum atomic E-state index is 13.4. The topological polar surface area (TPSA) is 77.4 Å². The van der Waals surface area contributed by atoms with E-state index in [1.807, 2.05) is 56.3 Å². The average molecular weight is 487 g/mol. The molecule has 2 aromatic carbocycles. The number of hydrogen-bond donors (Lipinski definition) is 0. The Morgan fingerprint density at radius 3 is 2.15 bits per heavy atom. The molecule has 7 nitrogen and oxygen atoms in total. The molecule has 0 amide bonds. The van der Waals surface area contributed by atoms with Crippen molar-refractivity contribution in [3.8, 4) is 5.75 Å². The van der Waals surface area contributed by atoms with E-state index in [1.54, 1.807) is 24.1 Å². The van der Waals surface area contributed by atoms with Gasteiger partial charge in [0.2, 0.25) is 0 Å². The predicted molar refractivity (Wildman–Crippen MR) is 132 cm³/mol. The zero-order chi connectivity index (χ0) is 23.8. The van der Waals surface area contributed by atoms with Crippen molar-refractivity contribution < 1.29 is 23.8 Å². The maximum absolute atomic E-state index is 13.4. The third kappa shape index (κ3) is 3.87. The van der Waals surface area contributed by atoms with Gasteiger partial charge in [-0.1, -0.05) is 42.1 Å². The number of esters is 2. The molecule has 2 heterocycles. The monoisotopic (exact) mass is 486 g/mol. The first kappa shape index (κ1) is 23.5. The van der Waals surface area contributed by atoms with Gasteiger partial charge in [0.1, 0.15) is 9.83 Å². The van der Waals surface area contributed by atoms with Crippen molar-refractivity contribution in [1.29, 1.82) is 0 Å². The molecule has 2 aliphatic rings. The van der Waals surface area contributed by atoms with Crippen molar-refractivity contribution in [1.82, 2.24) is 0 Å². The Labute approximate surface area is 201 Å². The minimum absolute atomic E-state index is 0.435. The smallest absolute Gasteiger partial charge is 0.339 e. The van der Waals surface area contributed by atoms with Crippen molar-refractivity contribution in [3.63, 3.8) is 0 Å². The lowest BCUT2D eigenvalue weighted by molar-refractivity contribution is -0.143. The standard InChI is InChI=1S/C24H26N2O5S2/c1-23(2)24(32-19(25-23)15-9-7-6-8-10-15)18(21(27)30-4)26(20(33-24)22(28)31-5)16-11-13-17(29-3)14-12-16/h6-14,18,20H,1-5H3/t18-,20+,24-/m0/s1. The molecular formula is C24H26N2O5S2. The van der Waals surface area contributed by atoms with Crippen LogP contribution in [0.4, 0.5) is 5.69 Å². The highest BCUT2D eigenvalue weighted by Crippen LogP contribution is 2.63. The lowest BCUT2D eigenvalue weighted by Gasteiger charge is -2.39. The van der Waals surface area contributed by atoms with Gasteiger partial charge in [0.15, 0.2) is 11.4 Å². The van der Waals surface area contributed by atoms with E-state index in [2.05, 4.69) is 0 Å². The Balaban J connectivity index is 1.85. The molecule has 0 N–H and O–H groups in total. The Kier molecular flexibility index (Phi) is 6.37. The van der Waals surface area contributed by atoms with Crippen molar-refractivity contribution in [2.45, 2.75) is 34.9 Å². The third-order valence-electron chi connectivity index (χ3n) is 5.88. The molecule has 1 fully saturated rings. The van der Waals surface area contributed by atoms with E-state index >= 15 is 0 Å². The highest BCUT2D eigenvalue weighted by Gasteiger charge is 2.68.